The summed E-state index contributed by atoms with van der Waals surface area (Å²) in [5.74, 6) is 1.90. The molecular weight excluding hydrogens is 549 g/mol. The molecule has 1 fully saturated rings. The van der Waals surface area contributed by atoms with Gasteiger partial charge in [0.2, 0.25) is 16.0 Å². The van der Waals surface area contributed by atoms with Crippen LogP contribution in [-0.4, -0.2) is 38.0 Å². The van der Waals surface area contributed by atoms with Crippen molar-refractivity contribution in [2.75, 3.05) is 30.3 Å². The van der Waals surface area contributed by atoms with Gasteiger partial charge < -0.3 is 10.6 Å². The molecule has 0 radical (unpaired) electrons. The number of sulfonamides is 1. The summed E-state index contributed by atoms with van der Waals surface area (Å²) in [6, 6.07) is 20.7. The van der Waals surface area contributed by atoms with Crippen LogP contribution in [0.15, 0.2) is 77.7 Å². The average molecular weight is 582 g/mol. The van der Waals surface area contributed by atoms with Crippen LogP contribution < -0.4 is 15.4 Å². The quantitative estimate of drug-likeness (QED) is 0.193. The van der Waals surface area contributed by atoms with Gasteiger partial charge in [0.1, 0.15) is 11.6 Å². The Labute approximate surface area is 239 Å². The van der Waals surface area contributed by atoms with Crippen LogP contribution in [0.3, 0.4) is 0 Å². The summed E-state index contributed by atoms with van der Waals surface area (Å²) in [5, 5.41) is 8.32. The van der Waals surface area contributed by atoms with Gasteiger partial charge in [-0.15, -0.1) is 0 Å². The van der Waals surface area contributed by atoms with Crippen molar-refractivity contribution in [3.8, 4) is 0 Å². The predicted molar refractivity (Wildman–Crippen MR) is 159 cm³/mol. The smallest absolute Gasteiger partial charge is 0.240 e. The lowest BCUT2D eigenvalue weighted by Gasteiger charge is -2.28. The van der Waals surface area contributed by atoms with E-state index in [1.807, 2.05) is 24.3 Å². The third kappa shape index (κ3) is 7.47. The molecule has 1 aliphatic carbocycles. The molecule has 3 N–H and O–H groups in total. The van der Waals surface area contributed by atoms with Crippen molar-refractivity contribution in [1.82, 2.24) is 14.7 Å². The van der Waals surface area contributed by atoms with E-state index < -0.39 is 10.0 Å². The van der Waals surface area contributed by atoms with Crippen molar-refractivity contribution < 1.29 is 12.8 Å². The lowest BCUT2D eigenvalue weighted by atomic mass is 9.82. The van der Waals surface area contributed by atoms with Crippen LogP contribution in [0.5, 0.6) is 0 Å². The van der Waals surface area contributed by atoms with Crippen molar-refractivity contribution in [3.63, 3.8) is 0 Å². The van der Waals surface area contributed by atoms with Crippen LogP contribution in [0, 0.1) is 17.7 Å². The minimum absolute atomic E-state index is 0.231. The van der Waals surface area contributed by atoms with Crippen LogP contribution in [0.4, 0.5) is 16.2 Å². The zero-order valence-electron chi connectivity index (χ0n) is 22.1. The second-order valence-electron chi connectivity index (χ2n) is 10.3. The molecule has 7 nitrogen and oxygen atoms in total. The van der Waals surface area contributed by atoms with Crippen molar-refractivity contribution >= 4 is 44.3 Å². The van der Waals surface area contributed by atoms with Crippen LogP contribution in [-0.2, 0) is 16.4 Å². The number of benzene rings is 3. The highest BCUT2D eigenvalue weighted by atomic mass is 35.5. The van der Waals surface area contributed by atoms with Gasteiger partial charge in [-0.1, -0.05) is 35.9 Å². The molecule has 1 aliphatic rings. The van der Waals surface area contributed by atoms with E-state index in [2.05, 4.69) is 15.4 Å². The molecule has 0 atom stereocenters. The van der Waals surface area contributed by atoms with E-state index in [4.69, 9.17) is 21.6 Å². The molecule has 10 heteroatoms. The molecule has 0 aliphatic heterocycles. The second kappa shape index (κ2) is 12.9. The van der Waals surface area contributed by atoms with E-state index >= 15 is 0 Å². The van der Waals surface area contributed by atoms with Crippen molar-refractivity contribution in [3.05, 3.63) is 89.2 Å². The molecule has 210 valence electrons. The van der Waals surface area contributed by atoms with Gasteiger partial charge in [0.05, 0.1) is 10.4 Å². The first-order valence-corrected chi connectivity index (χ1v) is 15.5. The molecule has 40 heavy (non-hydrogen) atoms. The van der Waals surface area contributed by atoms with E-state index in [-0.39, 0.29) is 10.7 Å². The Balaban J connectivity index is 1.12. The Morgan fingerprint density at radius 1 is 0.825 bits per heavy atom. The van der Waals surface area contributed by atoms with Gasteiger partial charge in [-0.2, -0.15) is 4.98 Å². The Bertz CT molecular complexity index is 1530. The number of fused-ring (bicyclic) bond motifs is 1. The Morgan fingerprint density at radius 3 is 2.23 bits per heavy atom. The lowest BCUT2D eigenvalue weighted by Crippen LogP contribution is -2.32. The molecule has 3 aromatic carbocycles. The summed E-state index contributed by atoms with van der Waals surface area (Å²) in [4.78, 5) is 9.70. The zero-order chi connectivity index (χ0) is 28.0. The van der Waals surface area contributed by atoms with Crippen molar-refractivity contribution in [2.45, 2.75) is 37.0 Å². The maximum Gasteiger partial charge on any atom is 0.240 e. The molecule has 1 heterocycles. The fraction of sp³-hybridized carbons (Fsp3) is 0.333. The highest BCUT2D eigenvalue weighted by Crippen LogP contribution is 2.29. The average Bonchev–Trinajstić information content (AvgIpc) is 2.97. The Morgan fingerprint density at radius 2 is 1.50 bits per heavy atom. The molecule has 0 unspecified atom stereocenters. The number of aromatic nitrogens is 2. The van der Waals surface area contributed by atoms with Gasteiger partial charge in [-0.3, -0.25) is 0 Å². The SMILES string of the molecule is O=S(=O)(NC[C@H]1CC[C@H](CNc2nc(NCCc3ccc(F)cc3)c3ccccc3n2)CC1)c1ccc(Cl)cc1. The van der Waals surface area contributed by atoms with Gasteiger partial charge in [0, 0.05) is 30.0 Å². The lowest BCUT2D eigenvalue weighted by molar-refractivity contribution is 0.284. The largest absolute Gasteiger partial charge is 0.369 e. The normalized spacial score (nSPS) is 17.6. The number of halogens is 2. The van der Waals surface area contributed by atoms with Crippen molar-refractivity contribution in [1.29, 1.82) is 0 Å². The summed E-state index contributed by atoms with van der Waals surface area (Å²) in [5.41, 5.74) is 1.92. The molecular formula is C30H33ClFN5O2S. The van der Waals surface area contributed by atoms with E-state index in [0.717, 1.165) is 60.9 Å². The minimum atomic E-state index is -3.54. The third-order valence-electron chi connectivity index (χ3n) is 7.42. The molecule has 0 saturated heterocycles. The fourth-order valence-electron chi connectivity index (χ4n) is 5.07. The summed E-state index contributed by atoms with van der Waals surface area (Å²) in [7, 11) is -3.54. The first-order valence-electron chi connectivity index (χ1n) is 13.6. The van der Waals surface area contributed by atoms with Gasteiger partial charge in [0.25, 0.3) is 0 Å². The van der Waals surface area contributed by atoms with E-state index in [1.165, 1.54) is 24.3 Å². The predicted octanol–water partition coefficient (Wildman–Crippen LogP) is 6.27. The highest BCUT2D eigenvalue weighted by molar-refractivity contribution is 7.89. The Kier molecular flexibility index (Phi) is 9.14. The van der Waals surface area contributed by atoms with E-state index in [1.54, 1.807) is 24.3 Å². The first-order chi connectivity index (χ1) is 19.4. The number of hydrogen-bond donors (Lipinski definition) is 3. The number of hydrogen-bond acceptors (Lipinski definition) is 6. The Hall–Kier alpha value is -3.27. The standard InChI is InChI=1S/C30H33ClFN5O2S/c31-24-11-15-26(16-12-24)40(38,39)35-20-23-7-5-22(6-8-23)19-34-30-36-28-4-2-1-3-27(28)29(37-30)33-18-17-21-9-13-25(32)14-10-21/h1-4,9-16,22-23,35H,5-8,17-20H2,(H2,33,34,36,37)/t22-,23-. The van der Waals surface area contributed by atoms with E-state index in [9.17, 15) is 12.8 Å². The molecule has 0 bridgehead atoms. The zero-order valence-corrected chi connectivity index (χ0v) is 23.7. The van der Waals surface area contributed by atoms with Crippen molar-refractivity contribution in [2.24, 2.45) is 11.8 Å². The number of anilines is 2. The molecule has 5 rings (SSSR count). The van der Waals surface area contributed by atoms with Crippen LogP contribution in [0.2, 0.25) is 5.02 Å². The summed E-state index contributed by atoms with van der Waals surface area (Å²) in [6.45, 7) is 1.86. The summed E-state index contributed by atoms with van der Waals surface area (Å²) in [6.07, 6.45) is 4.70. The minimum Gasteiger partial charge on any atom is -0.369 e. The third-order valence-corrected chi connectivity index (χ3v) is 9.12. The van der Waals surface area contributed by atoms with Crippen LogP contribution in [0.25, 0.3) is 10.9 Å². The fourth-order valence-corrected chi connectivity index (χ4v) is 6.31. The maximum atomic E-state index is 13.2. The van der Waals surface area contributed by atoms with Gasteiger partial charge >= 0.3 is 0 Å². The summed E-state index contributed by atoms with van der Waals surface area (Å²) < 4.78 is 41.1. The summed E-state index contributed by atoms with van der Waals surface area (Å²) >= 11 is 5.88. The van der Waals surface area contributed by atoms with Crippen LogP contribution in [0.1, 0.15) is 31.2 Å². The molecule has 0 amide bonds. The number of rotatable bonds is 11. The van der Waals surface area contributed by atoms with Gasteiger partial charge in [-0.25, -0.2) is 22.5 Å². The number of para-hydroxylation sites is 1. The molecule has 4 aromatic rings. The maximum absolute atomic E-state index is 13.2. The van der Waals surface area contributed by atoms with E-state index in [0.29, 0.717) is 35.9 Å². The van der Waals surface area contributed by atoms with Gasteiger partial charge in [-0.05, 0) is 98.0 Å². The molecule has 1 aromatic heterocycles. The molecule has 0 spiro atoms. The second-order valence-corrected chi connectivity index (χ2v) is 12.5. The van der Waals surface area contributed by atoms with Gasteiger partial charge in [0.15, 0.2) is 0 Å². The highest BCUT2D eigenvalue weighted by Gasteiger charge is 2.23. The first kappa shape index (κ1) is 28.3. The molecule has 1 saturated carbocycles. The van der Waals surface area contributed by atoms with Crippen LogP contribution >= 0.6 is 11.6 Å². The monoisotopic (exact) mass is 581 g/mol. The topological polar surface area (TPSA) is 96.0 Å². The number of nitrogens with one attached hydrogen (secondary N) is 3. The number of nitrogens with zero attached hydrogens (tertiary/aromatic N) is 2.